The van der Waals surface area contributed by atoms with E-state index >= 15 is 0 Å². The molecule has 0 spiro atoms. The number of benzene rings is 1. The number of nitrogens with zero attached hydrogens (tertiary/aromatic N) is 2. The van der Waals surface area contributed by atoms with Crippen molar-refractivity contribution in [2.75, 3.05) is 13.7 Å². The van der Waals surface area contributed by atoms with Gasteiger partial charge in [0.05, 0.1) is 6.61 Å². The average Bonchev–Trinajstić information content (AvgIpc) is 2.45. The quantitative estimate of drug-likeness (QED) is 0.848. The van der Waals surface area contributed by atoms with E-state index in [0.29, 0.717) is 18.5 Å². The Labute approximate surface area is 125 Å². The van der Waals surface area contributed by atoms with E-state index in [2.05, 4.69) is 22.2 Å². The fourth-order valence-electron chi connectivity index (χ4n) is 1.87. The first-order valence-electron chi connectivity index (χ1n) is 7.11. The molecule has 0 aliphatic rings. The zero-order chi connectivity index (χ0) is 15.1. The Balaban J connectivity index is 2.14. The van der Waals surface area contributed by atoms with Crippen molar-refractivity contribution < 1.29 is 9.47 Å². The number of nitrogens with one attached hydrogen (secondary N) is 1. The van der Waals surface area contributed by atoms with Gasteiger partial charge in [-0.25, -0.2) is 0 Å². The predicted molar refractivity (Wildman–Crippen MR) is 81.8 cm³/mol. The van der Waals surface area contributed by atoms with Crippen molar-refractivity contribution in [3.8, 4) is 17.6 Å². The van der Waals surface area contributed by atoms with Crippen LogP contribution in [0.3, 0.4) is 0 Å². The molecule has 1 heterocycles. The van der Waals surface area contributed by atoms with E-state index in [-0.39, 0.29) is 0 Å². The normalized spacial score (nSPS) is 10.4. The third-order valence-electron chi connectivity index (χ3n) is 2.75. The first kappa shape index (κ1) is 15.3. The zero-order valence-corrected chi connectivity index (χ0v) is 12.7. The lowest BCUT2D eigenvalue weighted by Gasteiger charge is -2.09. The van der Waals surface area contributed by atoms with Gasteiger partial charge in [0.15, 0.2) is 0 Å². The summed E-state index contributed by atoms with van der Waals surface area (Å²) in [4.78, 5) is 8.55. The van der Waals surface area contributed by atoms with Crippen LogP contribution in [-0.4, -0.2) is 23.6 Å². The number of hydrogen-bond donors (Lipinski definition) is 1. The third-order valence-corrected chi connectivity index (χ3v) is 2.75. The smallest absolute Gasteiger partial charge is 0.325 e. The van der Waals surface area contributed by atoms with Gasteiger partial charge < -0.3 is 14.8 Å². The van der Waals surface area contributed by atoms with Gasteiger partial charge in [-0.3, -0.25) is 0 Å². The summed E-state index contributed by atoms with van der Waals surface area (Å²) in [5, 5.41) is 3.11. The number of aromatic nitrogens is 2. The lowest BCUT2D eigenvalue weighted by atomic mass is 10.2. The van der Waals surface area contributed by atoms with Crippen LogP contribution in [0.4, 0.5) is 0 Å². The highest BCUT2D eigenvalue weighted by Gasteiger charge is 2.06. The first-order chi connectivity index (χ1) is 10.2. The van der Waals surface area contributed by atoms with Crippen LogP contribution >= 0.6 is 0 Å². The summed E-state index contributed by atoms with van der Waals surface area (Å²) in [5.74, 6) is 1.26. The second-order valence-corrected chi connectivity index (χ2v) is 4.76. The summed E-state index contributed by atoms with van der Waals surface area (Å²) >= 11 is 0. The van der Waals surface area contributed by atoms with Crippen LogP contribution in [0.15, 0.2) is 30.3 Å². The highest BCUT2D eigenvalue weighted by Crippen LogP contribution is 2.21. The van der Waals surface area contributed by atoms with Gasteiger partial charge in [0, 0.05) is 18.3 Å². The summed E-state index contributed by atoms with van der Waals surface area (Å²) in [5.41, 5.74) is 1.96. The molecule has 0 aliphatic carbocycles. The van der Waals surface area contributed by atoms with E-state index in [9.17, 15) is 0 Å². The molecule has 0 radical (unpaired) electrons. The predicted octanol–water partition coefficient (Wildman–Crippen LogP) is 3.09. The maximum Gasteiger partial charge on any atom is 0.325 e. The Morgan fingerprint density at radius 2 is 2.05 bits per heavy atom. The van der Waals surface area contributed by atoms with Gasteiger partial charge in [0.1, 0.15) is 5.75 Å². The van der Waals surface area contributed by atoms with Gasteiger partial charge >= 0.3 is 6.01 Å². The summed E-state index contributed by atoms with van der Waals surface area (Å²) in [6.07, 6.45) is 0.936. The lowest BCUT2D eigenvalue weighted by Crippen LogP contribution is -2.05. The van der Waals surface area contributed by atoms with Crippen molar-refractivity contribution in [3.05, 3.63) is 41.6 Å². The minimum atomic E-state index is 0.308. The minimum absolute atomic E-state index is 0.308. The number of rotatable bonds is 7. The molecule has 0 saturated heterocycles. The van der Waals surface area contributed by atoms with Crippen LogP contribution in [0, 0.1) is 6.92 Å². The Morgan fingerprint density at radius 1 is 1.19 bits per heavy atom. The molecule has 21 heavy (non-hydrogen) atoms. The van der Waals surface area contributed by atoms with Gasteiger partial charge in [0.25, 0.3) is 0 Å². The molecule has 0 amide bonds. The minimum Gasteiger partial charge on any atom is -0.478 e. The molecular formula is C16H21N3O2. The fourth-order valence-corrected chi connectivity index (χ4v) is 1.87. The molecule has 1 aromatic carbocycles. The maximum atomic E-state index is 5.74. The zero-order valence-electron chi connectivity index (χ0n) is 12.7. The van der Waals surface area contributed by atoms with Crippen molar-refractivity contribution >= 4 is 0 Å². The number of hydrogen-bond acceptors (Lipinski definition) is 5. The first-order valence-corrected chi connectivity index (χ1v) is 7.11. The van der Waals surface area contributed by atoms with Crippen LogP contribution in [0.1, 0.15) is 24.6 Å². The van der Waals surface area contributed by atoms with Gasteiger partial charge in [0.2, 0.25) is 5.88 Å². The van der Waals surface area contributed by atoms with Crippen LogP contribution in [0.2, 0.25) is 0 Å². The summed E-state index contributed by atoms with van der Waals surface area (Å²) in [6.45, 7) is 5.37. The van der Waals surface area contributed by atoms with Crippen molar-refractivity contribution in [2.24, 2.45) is 0 Å². The van der Waals surface area contributed by atoms with E-state index in [4.69, 9.17) is 9.47 Å². The van der Waals surface area contributed by atoms with Gasteiger partial charge in [-0.2, -0.15) is 9.97 Å². The maximum absolute atomic E-state index is 5.74. The van der Waals surface area contributed by atoms with E-state index in [1.807, 2.05) is 38.2 Å². The largest absolute Gasteiger partial charge is 0.478 e. The molecule has 1 aromatic heterocycles. The van der Waals surface area contributed by atoms with Crippen LogP contribution < -0.4 is 14.8 Å². The van der Waals surface area contributed by atoms with E-state index in [0.717, 1.165) is 30.0 Å². The second kappa shape index (κ2) is 7.59. The van der Waals surface area contributed by atoms with E-state index < -0.39 is 0 Å². The highest BCUT2D eigenvalue weighted by atomic mass is 16.5. The number of ether oxygens (including phenoxy) is 2. The molecule has 0 fully saturated rings. The molecule has 0 saturated carbocycles. The van der Waals surface area contributed by atoms with Crippen molar-refractivity contribution in [2.45, 2.75) is 26.8 Å². The molecule has 0 bridgehead atoms. The Morgan fingerprint density at radius 3 is 2.81 bits per heavy atom. The van der Waals surface area contributed by atoms with Crippen molar-refractivity contribution in [1.82, 2.24) is 15.3 Å². The van der Waals surface area contributed by atoms with Gasteiger partial charge in [-0.05, 0) is 38.1 Å². The van der Waals surface area contributed by atoms with Crippen LogP contribution in [-0.2, 0) is 6.54 Å². The van der Waals surface area contributed by atoms with Crippen molar-refractivity contribution in [1.29, 1.82) is 0 Å². The van der Waals surface area contributed by atoms with Crippen LogP contribution in [0.5, 0.6) is 17.6 Å². The van der Waals surface area contributed by atoms with Crippen LogP contribution in [0.25, 0.3) is 0 Å². The Bertz CT molecular complexity index is 587. The molecule has 0 unspecified atom stereocenters. The number of aryl methyl sites for hydroxylation is 1. The monoisotopic (exact) mass is 287 g/mol. The topological polar surface area (TPSA) is 56.3 Å². The van der Waals surface area contributed by atoms with E-state index in [1.54, 1.807) is 6.07 Å². The molecule has 0 aliphatic heterocycles. The van der Waals surface area contributed by atoms with Gasteiger partial charge in [-0.1, -0.05) is 19.1 Å². The molecule has 112 valence electrons. The fraction of sp³-hybridized carbons (Fsp3) is 0.375. The van der Waals surface area contributed by atoms with Gasteiger partial charge in [-0.15, -0.1) is 0 Å². The standard InChI is InChI=1S/C16H21N3O2/c1-4-8-20-15-9-12(2)18-16(19-15)21-14-7-5-6-13(10-14)11-17-3/h5-7,9-10,17H,4,8,11H2,1-3H3. The van der Waals surface area contributed by atoms with E-state index in [1.165, 1.54) is 0 Å². The second-order valence-electron chi connectivity index (χ2n) is 4.76. The molecule has 2 aromatic rings. The molecular weight excluding hydrogens is 266 g/mol. The molecule has 5 heteroatoms. The molecule has 0 atom stereocenters. The average molecular weight is 287 g/mol. The lowest BCUT2D eigenvalue weighted by molar-refractivity contribution is 0.298. The molecule has 1 N–H and O–H groups in total. The summed E-state index contributed by atoms with van der Waals surface area (Å²) in [7, 11) is 1.91. The Hall–Kier alpha value is -2.14. The molecule has 5 nitrogen and oxygen atoms in total. The van der Waals surface area contributed by atoms with Crippen molar-refractivity contribution in [3.63, 3.8) is 0 Å². The third kappa shape index (κ3) is 4.72. The SMILES string of the molecule is CCCOc1cc(C)nc(Oc2cccc(CNC)c2)n1. The molecule has 2 rings (SSSR count). The summed E-state index contributed by atoms with van der Waals surface area (Å²) in [6, 6.07) is 9.96. The Kier molecular flexibility index (Phi) is 5.51. The summed E-state index contributed by atoms with van der Waals surface area (Å²) < 4.78 is 11.3. The highest BCUT2D eigenvalue weighted by molar-refractivity contribution is 5.31.